The molecule has 0 aliphatic rings. The van der Waals surface area contributed by atoms with Gasteiger partial charge in [0.1, 0.15) is 17.9 Å². The molecule has 3 aromatic rings. The third kappa shape index (κ3) is 3.95. The van der Waals surface area contributed by atoms with E-state index >= 15 is 0 Å². The van der Waals surface area contributed by atoms with Crippen LogP contribution >= 0.6 is 0 Å². The van der Waals surface area contributed by atoms with Gasteiger partial charge in [0, 0.05) is 32.3 Å². The molecule has 0 aliphatic heterocycles. The highest BCUT2D eigenvalue weighted by Crippen LogP contribution is 2.25. The summed E-state index contributed by atoms with van der Waals surface area (Å²) in [6.07, 6.45) is 1.81. The number of hydrogen-bond donors (Lipinski definition) is 2. The van der Waals surface area contributed by atoms with Crippen molar-refractivity contribution >= 4 is 17.0 Å². The summed E-state index contributed by atoms with van der Waals surface area (Å²) in [6.45, 7) is 0.209. The molecule has 0 unspecified atom stereocenters. The van der Waals surface area contributed by atoms with Gasteiger partial charge in [0.2, 0.25) is 0 Å². The molecule has 0 fully saturated rings. The summed E-state index contributed by atoms with van der Waals surface area (Å²) in [5.74, 6) is 3.04. The zero-order chi connectivity index (χ0) is 21.1. The first-order valence-corrected chi connectivity index (χ1v) is 8.53. The molecule has 8 heteroatoms. The van der Waals surface area contributed by atoms with Gasteiger partial charge in [-0.15, -0.1) is 0 Å². The highest BCUT2D eigenvalue weighted by Gasteiger charge is 2.21. The Bertz CT molecular complexity index is 1240. The van der Waals surface area contributed by atoms with E-state index in [-0.39, 0.29) is 17.6 Å². The minimum atomic E-state index is -1.53. The van der Waals surface area contributed by atoms with E-state index in [0.717, 1.165) is 10.1 Å². The van der Waals surface area contributed by atoms with Gasteiger partial charge in [-0.2, -0.15) is 0 Å². The molecule has 1 aromatic carbocycles. The second-order valence-electron chi connectivity index (χ2n) is 6.32. The highest BCUT2D eigenvalue weighted by atomic mass is 19.1. The molecule has 2 aromatic heterocycles. The number of rotatable bonds is 4. The number of aryl methyl sites for hydroxylation is 1. The Labute approximate surface area is 165 Å². The summed E-state index contributed by atoms with van der Waals surface area (Å²) in [7, 11) is 2.92. The van der Waals surface area contributed by atoms with Crippen molar-refractivity contribution in [2.45, 2.75) is 6.42 Å². The van der Waals surface area contributed by atoms with Gasteiger partial charge in [0.25, 0.3) is 5.56 Å². The van der Waals surface area contributed by atoms with Crippen LogP contribution < -0.4 is 5.56 Å². The average molecular weight is 396 g/mol. The van der Waals surface area contributed by atoms with Crippen LogP contribution in [0.25, 0.3) is 11.0 Å². The van der Waals surface area contributed by atoms with Crippen LogP contribution in [0.4, 0.5) is 4.39 Å². The summed E-state index contributed by atoms with van der Waals surface area (Å²) in [4.78, 5) is 27.7. The average Bonchev–Trinajstić information content (AvgIpc) is 2.68. The highest BCUT2D eigenvalue weighted by molar-refractivity contribution is 5.97. The van der Waals surface area contributed by atoms with Gasteiger partial charge in [0.15, 0.2) is 11.3 Å². The second-order valence-corrected chi connectivity index (χ2v) is 6.32. The molecular formula is C21H17FN2O5. The Morgan fingerprint density at radius 2 is 2.10 bits per heavy atom. The monoisotopic (exact) mass is 396 g/mol. The van der Waals surface area contributed by atoms with Crippen LogP contribution in [0.3, 0.4) is 0 Å². The van der Waals surface area contributed by atoms with Crippen LogP contribution in [0.15, 0.2) is 35.3 Å². The van der Waals surface area contributed by atoms with Gasteiger partial charge in [-0.25, -0.2) is 9.18 Å². The lowest BCUT2D eigenvalue weighted by Crippen LogP contribution is -2.25. The minimum absolute atomic E-state index is 0.00691. The third-order valence-corrected chi connectivity index (χ3v) is 4.39. The van der Waals surface area contributed by atoms with Crippen LogP contribution in [0.2, 0.25) is 0 Å². The Kier molecular flexibility index (Phi) is 5.61. The van der Waals surface area contributed by atoms with Crippen molar-refractivity contribution < 1.29 is 24.1 Å². The van der Waals surface area contributed by atoms with Crippen molar-refractivity contribution in [2.75, 3.05) is 13.7 Å². The van der Waals surface area contributed by atoms with Gasteiger partial charge >= 0.3 is 5.97 Å². The van der Waals surface area contributed by atoms with Crippen molar-refractivity contribution in [3.63, 3.8) is 0 Å². The molecule has 0 aliphatic carbocycles. The molecule has 0 atom stereocenters. The van der Waals surface area contributed by atoms with E-state index in [1.165, 1.54) is 32.5 Å². The zero-order valence-electron chi connectivity index (χ0n) is 15.7. The summed E-state index contributed by atoms with van der Waals surface area (Å²) >= 11 is 0. The summed E-state index contributed by atoms with van der Waals surface area (Å²) in [6, 6.07) is 5.89. The number of aromatic nitrogens is 2. The lowest BCUT2D eigenvalue weighted by Gasteiger charge is -2.11. The third-order valence-electron chi connectivity index (χ3n) is 4.39. The number of benzene rings is 1. The molecule has 2 heterocycles. The molecule has 0 saturated heterocycles. The Morgan fingerprint density at radius 1 is 1.34 bits per heavy atom. The van der Waals surface area contributed by atoms with Crippen molar-refractivity contribution in [3.8, 4) is 17.6 Å². The van der Waals surface area contributed by atoms with E-state index in [1.807, 2.05) is 0 Å². The Balaban J connectivity index is 2.09. The molecule has 29 heavy (non-hydrogen) atoms. The number of nitrogens with zero attached hydrogens (tertiary/aromatic N) is 2. The smallest absolute Gasteiger partial charge is 0.345 e. The SMILES string of the molecule is COCC#Cc1cc(F)ccc1Cc1cnc2c(O)c(C(=O)O)c(=O)n(C)c2c1. The number of pyridine rings is 2. The second kappa shape index (κ2) is 8.12. The standard InChI is InChI=1S/C21H17FN2O5/c1-24-16-9-12(11-23-18(16)19(25)17(20(24)26)21(27)28)8-14-5-6-15(22)10-13(14)4-3-7-29-2/h5-6,9-11,25H,7-8H2,1-2H3,(H,27,28). The number of halogens is 1. The number of carbonyl (C=O) groups is 1. The van der Waals surface area contributed by atoms with Crippen LogP contribution in [-0.4, -0.2) is 39.5 Å². The number of hydrogen-bond acceptors (Lipinski definition) is 5. The van der Waals surface area contributed by atoms with Gasteiger partial charge in [0.05, 0.1) is 5.52 Å². The minimum Gasteiger partial charge on any atom is -0.505 e. The molecule has 148 valence electrons. The fourth-order valence-electron chi connectivity index (χ4n) is 2.96. The number of carboxylic acid groups (broad SMARTS) is 1. The van der Waals surface area contributed by atoms with E-state index in [0.29, 0.717) is 17.5 Å². The molecule has 0 spiro atoms. The predicted octanol–water partition coefficient (Wildman–Crippen LogP) is 2.07. The van der Waals surface area contributed by atoms with E-state index in [1.54, 1.807) is 12.1 Å². The molecular weight excluding hydrogens is 379 g/mol. The normalized spacial score (nSPS) is 10.6. The van der Waals surface area contributed by atoms with Crippen LogP contribution in [0, 0.1) is 17.7 Å². The van der Waals surface area contributed by atoms with Gasteiger partial charge in [-0.1, -0.05) is 17.9 Å². The topological polar surface area (TPSA) is 102 Å². The predicted molar refractivity (Wildman–Crippen MR) is 104 cm³/mol. The fraction of sp³-hybridized carbons (Fsp3) is 0.190. The zero-order valence-corrected chi connectivity index (χ0v) is 15.7. The van der Waals surface area contributed by atoms with Crippen molar-refractivity contribution in [3.05, 3.63) is 68.9 Å². The number of fused-ring (bicyclic) bond motifs is 1. The molecule has 0 amide bonds. The van der Waals surface area contributed by atoms with Gasteiger partial charge in [-0.05, 0) is 29.3 Å². The van der Waals surface area contributed by atoms with E-state index in [2.05, 4.69) is 16.8 Å². The maximum atomic E-state index is 13.6. The summed E-state index contributed by atoms with van der Waals surface area (Å²) in [5, 5.41) is 19.3. The van der Waals surface area contributed by atoms with Crippen LogP contribution in [-0.2, 0) is 18.2 Å². The van der Waals surface area contributed by atoms with E-state index in [9.17, 15) is 19.1 Å². The van der Waals surface area contributed by atoms with Crippen LogP contribution in [0.1, 0.15) is 27.0 Å². The van der Waals surface area contributed by atoms with E-state index < -0.39 is 28.7 Å². The summed E-state index contributed by atoms with van der Waals surface area (Å²) in [5.41, 5.74) is 0.643. The quantitative estimate of drug-likeness (QED) is 0.655. The maximum absolute atomic E-state index is 13.6. The Morgan fingerprint density at radius 3 is 2.79 bits per heavy atom. The van der Waals surface area contributed by atoms with Crippen LogP contribution in [0.5, 0.6) is 5.75 Å². The number of aromatic hydroxyl groups is 1. The molecule has 3 rings (SSSR count). The first-order chi connectivity index (χ1) is 13.8. The van der Waals surface area contributed by atoms with Crippen molar-refractivity contribution in [1.29, 1.82) is 0 Å². The maximum Gasteiger partial charge on any atom is 0.345 e. The molecule has 7 nitrogen and oxygen atoms in total. The number of carboxylic acids is 1. The summed E-state index contributed by atoms with van der Waals surface area (Å²) < 4.78 is 19.6. The fourth-order valence-corrected chi connectivity index (χ4v) is 2.96. The first kappa shape index (κ1) is 20.0. The molecule has 2 N–H and O–H groups in total. The Hall–Kier alpha value is -3.70. The lowest BCUT2D eigenvalue weighted by molar-refractivity contribution is 0.0691. The largest absolute Gasteiger partial charge is 0.505 e. The lowest BCUT2D eigenvalue weighted by atomic mass is 10.00. The van der Waals surface area contributed by atoms with Crippen molar-refractivity contribution in [1.82, 2.24) is 9.55 Å². The van der Waals surface area contributed by atoms with Gasteiger partial charge < -0.3 is 19.5 Å². The van der Waals surface area contributed by atoms with Crippen molar-refractivity contribution in [2.24, 2.45) is 7.05 Å². The first-order valence-electron chi connectivity index (χ1n) is 8.53. The molecule has 0 radical (unpaired) electrons. The van der Waals surface area contributed by atoms with E-state index in [4.69, 9.17) is 9.84 Å². The van der Waals surface area contributed by atoms with Gasteiger partial charge in [-0.3, -0.25) is 9.78 Å². The number of methoxy groups -OCH3 is 1. The number of ether oxygens (including phenoxy) is 1. The number of aromatic carboxylic acids is 1. The molecule has 0 saturated carbocycles. The molecule has 0 bridgehead atoms.